The summed E-state index contributed by atoms with van der Waals surface area (Å²) in [7, 11) is 1.29. The number of esters is 1. The van der Waals surface area contributed by atoms with Crippen molar-refractivity contribution >= 4 is 22.6 Å². The number of methoxy groups -OCH3 is 1. The van der Waals surface area contributed by atoms with Gasteiger partial charge in [0, 0.05) is 29.4 Å². The maximum atomic E-state index is 13.1. The summed E-state index contributed by atoms with van der Waals surface area (Å²) >= 11 is 0. The van der Waals surface area contributed by atoms with Crippen LogP contribution in [0.15, 0.2) is 65.6 Å². The van der Waals surface area contributed by atoms with Gasteiger partial charge in [0.25, 0.3) is 11.5 Å². The molecular weight excluding hydrogens is 368 g/mol. The quantitative estimate of drug-likeness (QED) is 0.654. The van der Waals surface area contributed by atoms with E-state index in [0.717, 1.165) is 5.56 Å². The predicted molar refractivity (Wildman–Crippen MR) is 112 cm³/mol. The summed E-state index contributed by atoms with van der Waals surface area (Å²) in [6, 6.07) is 15.4. The van der Waals surface area contributed by atoms with E-state index in [9.17, 15) is 14.4 Å². The molecule has 3 rings (SSSR count). The van der Waals surface area contributed by atoms with Crippen molar-refractivity contribution in [3.63, 3.8) is 0 Å². The second-order valence-corrected chi connectivity index (χ2v) is 7.13. The van der Waals surface area contributed by atoms with E-state index in [0.29, 0.717) is 22.8 Å². The highest BCUT2D eigenvalue weighted by molar-refractivity contribution is 6.07. The molecule has 0 aliphatic rings. The molecule has 0 saturated heterocycles. The molecule has 0 spiro atoms. The van der Waals surface area contributed by atoms with Gasteiger partial charge in [-0.05, 0) is 25.5 Å². The number of hydrogen-bond donors (Lipinski definition) is 1. The number of hydrogen-bond acceptors (Lipinski definition) is 4. The van der Waals surface area contributed by atoms with Crippen molar-refractivity contribution in [1.82, 2.24) is 9.88 Å². The van der Waals surface area contributed by atoms with E-state index >= 15 is 0 Å². The summed E-state index contributed by atoms with van der Waals surface area (Å²) < 4.78 is 6.41. The van der Waals surface area contributed by atoms with E-state index in [4.69, 9.17) is 4.74 Å². The van der Waals surface area contributed by atoms with Crippen molar-refractivity contribution < 1.29 is 14.3 Å². The molecule has 150 valence electrons. The molecule has 0 bridgehead atoms. The SMILES string of the molecule is COC(=O)C(Cc1ccccc1)NC(=O)c1cn(C(C)C)c(=O)c2ccccc12. The number of carbonyl (C=O) groups excluding carboxylic acids is 2. The van der Waals surface area contributed by atoms with Gasteiger partial charge in [-0.15, -0.1) is 0 Å². The first-order valence-electron chi connectivity index (χ1n) is 9.49. The van der Waals surface area contributed by atoms with Crippen LogP contribution in [0.1, 0.15) is 35.8 Å². The summed E-state index contributed by atoms with van der Waals surface area (Å²) in [4.78, 5) is 38.1. The molecule has 1 heterocycles. The van der Waals surface area contributed by atoms with Gasteiger partial charge in [0.2, 0.25) is 0 Å². The molecule has 1 N–H and O–H groups in total. The standard InChI is InChI=1S/C23H24N2O4/c1-15(2)25-14-19(17-11-7-8-12-18(17)22(25)27)21(26)24-20(23(28)29-3)13-16-9-5-4-6-10-16/h4-12,14-15,20H,13H2,1-3H3,(H,24,26). The van der Waals surface area contributed by atoms with E-state index in [1.54, 1.807) is 30.5 Å². The van der Waals surface area contributed by atoms with E-state index in [2.05, 4.69) is 5.32 Å². The van der Waals surface area contributed by atoms with Crippen molar-refractivity contribution in [2.45, 2.75) is 32.4 Å². The molecule has 6 nitrogen and oxygen atoms in total. The first-order valence-corrected chi connectivity index (χ1v) is 9.49. The molecule has 1 aromatic heterocycles. The number of amides is 1. The molecule has 0 aliphatic carbocycles. The lowest BCUT2D eigenvalue weighted by molar-refractivity contribution is -0.142. The number of aromatic nitrogens is 1. The van der Waals surface area contributed by atoms with E-state index < -0.39 is 17.9 Å². The molecule has 0 aliphatic heterocycles. The molecule has 1 atom stereocenters. The fourth-order valence-electron chi connectivity index (χ4n) is 3.30. The van der Waals surface area contributed by atoms with Crippen LogP contribution in [0.4, 0.5) is 0 Å². The summed E-state index contributed by atoms with van der Waals surface area (Å²) in [6.07, 6.45) is 1.86. The minimum Gasteiger partial charge on any atom is -0.467 e. The lowest BCUT2D eigenvalue weighted by Gasteiger charge is -2.19. The number of rotatable bonds is 6. The summed E-state index contributed by atoms with van der Waals surface area (Å²) in [6.45, 7) is 3.76. The second kappa shape index (κ2) is 8.73. The fraction of sp³-hybridized carbons (Fsp3) is 0.261. The smallest absolute Gasteiger partial charge is 0.328 e. The number of pyridine rings is 1. The van der Waals surface area contributed by atoms with Crippen LogP contribution in [-0.4, -0.2) is 29.6 Å². The molecule has 1 unspecified atom stereocenters. The van der Waals surface area contributed by atoms with E-state index in [-0.39, 0.29) is 11.6 Å². The summed E-state index contributed by atoms with van der Waals surface area (Å²) in [5, 5.41) is 3.80. The lowest BCUT2D eigenvalue weighted by Crippen LogP contribution is -2.43. The number of benzene rings is 2. The normalized spacial score (nSPS) is 12.0. The Labute approximate surface area is 169 Å². The van der Waals surface area contributed by atoms with Crippen LogP contribution < -0.4 is 10.9 Å². The van der Waals surface area contributed by atoms with Gasteiger partial charge in [-0.1, -0.05) is 48.5 Å². The monoisotopic (exact) mass is 392 g/mol. The van der Waals surface area contributed by atoms with Gasteiger partial charge in [-0.25, -0.2) is 4.79 Å². The highest BCUT2D eigenvalue weighted by Crippen LogP contribution is 2.18. The highest BCUT2D eigenvalue weighted by Gasteiger charge is 2.24. The van der Waals surface area contributed by atoms with Gasteiger partial charge in [0.05, 0.1) is 12.7 Å². The average molecular weight is 392 g/mol. The molecule has 1 amide bonds. The Bertz CT molecular complexity index is 1090. The molecule has 2 aromatic carbocycles. The number of nitrogens with one attached hydrogen (secondary N) is 1. The van der Waals surface area contributed by atoms with Crippen LogP contribution >= 0.6 is 0 Å². The van der Waals surface area contributed by atoms with Crippen LogP contribution in [0.5, 0.6) is 0 Å². The zero-order valence-electron chi connectivity index (χ0n) is 16.7. The Hall–Kier alpha value is -3.41. The van der Waals surface area contributed by atoms with E-state index in [1.165, 1.54) is 11.7 Å². The van der Waals surface area contributed by atoms with Crippen molar-refractivity contribution in [2.75, 3.05) is 7.11 Å². The van der Waals surface area contributed by atoms with Gasteiger partial charge in [0.15, 0.2) is 0 Å². The molecule has 0 radical (unpaired) electrons. The number of carbonyl (C=O) groups is 2. The predicted octanol–water partition coefficient (Wildman–Crippen LogP) is 3.10. The van der Waals surface area contributed by atoms with Crippen LogP contribution in [0.25, 0.3) is 10.8 Å². The van der Waals surface area contributed by atoms with Crippen LogP contribution in [0.2, 0.25) is 0 Å². The summed E-state index contributed by atoms with van der Waals surface area (Å²) in [5.74, 6) is -0.953. The minimum atomic E-state index is -0.840. The maximum Gasteiger partial charge on any atom is 0.328 e. The Balaban J connectivity index is 2.00. The van der Waals surface area contributed by atoms with Crippen LogP contribution in [-0.2, 0) is 16.0 Å². The first-order chi connectivity index (χ1) is 13.9. The minimum absolute atomic E-state index is 0.112. The number of nitrogens with zero attached hydrogens (tertiary/aromatic N) is 1. The van der Waals surface area contributed by atoms with E-state index in [1.807, 2.05) is 44.2 Å². The van der Waals surface area contributed by atoms with Crippen LogP contribution in [0.3, 0.4) is 0 Å². The third-order valence-corrected chi connectivity index (χ3v) is 4.82. The van der Waals surface area contributed by atoms with Gasteiger partial charge in [0.1, 0.15) is 6.04 Å². The van der Waals surface area contributed by atoms with Gasteiger partial charge in [-0.3, -0.25) is 9.59 Å². The van der Waals surface area contributed by atoms with Gasteiger partial charge < -0.3 is 14.6 Å². The molecular formula is C23H24N2O4. The lowest BCUT2D eigenvalue weighted by atomic mass is 10.0. The molecule has 6 heteroatoms. The Morgan fingerprint density at radius 3 is 2.24 bits per heavy atom. The van der Waals surface area contributed by atoms with Crippen molar-refractivity contribution in [3.05, 3.63) is 82.3 Å². The maximum absolute atomic E-state index is 13.1. The molecule has 0 saturated carbocycles. The van der Waals surface area contributed by atoms with Crippen LogP contribution in [0, 0.1) is 0 Å². The molecule has 3 aromatic rings. The Morgan fingerprint density at radius 2 is 1.62 bits per heavy atom. The Morgan fingerprint density at radius 1 is 1.00 bits per heavy atom. The van der Waals surface area contributed by atoms with Gasteiger partial charge >= 0.3 is 5.97 Å². The first kappa shape index (κ1) is 20.3. The van der Waals surface area contributed by atoms with Crippen molar-refractivity contribution in [2.24, 2.45) is 0 Å². The average Bonchev–Trinajstić information content (AvgIpc) is 2.73. The van der Waals surface area contributed by atoms with Crippen molar-refractivity contribution in [3.8, 4) is 0 Å². The van der Waals surface area contributed by atoms with Crippen molar-refractivity contribution in [1.29, 1.82) is 0 Å². The topological polar surface area (TPSA) is 77.4 Å². The second-order valence-electron chi connectivity index (χ2n) is 7.13. The zero-order valence-corrected chi connectivity index (χ0v) is 16.7. The highest BCUT2D eigenvalue weighted by atomic mass is 16.5. The largest absolute Gasteiger partial charge is 0.467 e. The number of fused-ring (bicyclic) bond motifs is 1. The summed E-state index contributed by atoms with van der Waals surface area (Å²) in [5.41, 5.74) is 1.09. The fourth-order valence-corrected chi connectivity index (χ4v) is 3.30. The number of ether oxygens (including phenoxy) is 1. The third kappa shape index (κ3) is 4.37. The third-order valence-electron chi connectivity index (χ3n) is 4.82. The van der Waals surface area contributed by atoms with Gasteiger partial charge in [-0.2, -0.15) is 0 Å². The zero-order chi connectivity index (χ0) is 21.0. The molecule has 29 heavy (non-hydrogen) atoms. The molecule has 0 fully saturated rings. The Kier molecular flexibility index (Phi) is 6.12.